The van der Waals surface area contributed by atoms with E-state index < -0.39 is 17.8 Å². The molecule has 0 aliphatic heterocycles. The fourth-order valence-corrected chi connectivity index (χ4v) is 1.56. The molecule has 1 aromatic carbocycles. The zero-order valence-electron chi connectivity index (χ0n) is 9.86. The summed E-state index contributed by atoms with van der Waals surface area (Å²) in [7, 11) is 1.22. The summed E-state index contributed by atoms with van der Waals surface area (Å²) in [6, 6.07) is 1.76. The van der Waals surface area contributed by atoms with Gasteiger partial charge < -0.3 is 15.0 Å². The van der Waals surface area contributed by atoms with Crippen LogP contribution < -0.4 is 10.5 Å². The predicted octanol–water partition coefficient (Wildman–Crippen LogP) is 2.28. The minimum Gasteiger partial charge on any atom is -0.493 e. The Bertz CT molecular complexity index is 587. The number of ether oxygens (including phenoxy) is 1. The molecule has 5 nitrogen and oxygen atoms in total. The summed E-state index contributed by atoms with van der Waals surface area (Å²) in [4.78, 5) is 3.85. The lowest BCUT2D eigenvalue weighted by Crippen LogP contribution is -1.98. The van der Waals surface area contributed by atoms with Crippen molar-refractivity contribution in [2.24, 2.45) is 5.73 Å². The van der Waals surface area contributed by atoms with Crippen molar-refractivity contribution >= 4 is 0 Å². The third kappa shape index (κ3) is 2.53. The molecular formula is C11H10F3N3O2. The zero-order valence-corrected chi connectivity index (χ0v) is 9.86. The third-order valence-corrected chi connectivity index (χ3v) is 2.41. The number of nitrogens with two attached hydrogens (primary N) is 1. The molecule has 0 aliphatic carbocycles. The van der Waals surface area contributed by atoms with Gasteiger partial charge in [0.25, 0.3) is 6.43 Å². The zero-order chi connectivity index (χ0) is 14.0. The Morgan fingerprint density at radius 2 is 2.16 bits per heavy atom. The Balaban J connectivity index is 2.58. The fraction of sp³-hybridized carbons (Fsp3) is 0.273. The van der Waals surface area contributed by atoms with Crippen molar-refractivity contribution in [3.63, 3.8) is 0 Å². The summed E-state index contributed by atoms with van der Waals surface area (Å²) in [5, 5.41) is 3.55. The largest absolute Gasteiger partial charge is 0.493 e. The van der Waals surface area contributed by atoms with Crippen LogP contribution in [0.15, 0.2) is 16.7 Å². The quantitative estimate of drug-likeness (QED) is 0.925. The standard InChI is InChI=1S/C11H10F3N3O2/c1-18-9-6(11-16-8(4-15)19-17-11)2-5(10(13)14)3-7(9)12/h2-3,10H,4,15H2,1H3. The molecule has 0 radical (unpaired) electrons. The number of alkyl halides is 2. The highest BCUT2D eigenvalue weighted by molar-refractivity contribution is 5.65. The lowest BCUT2D eigenvalue weighted by Gasteiger charge is -2.09. The molecule has 8 heteroatoms. The number of nitrogens with zero attached hydrogens (tertiary/aromatic N) is 2. The highest BCUT2D eigenvalue weighted by Crippen LogP contribution is 2.34. The van der Waals surface area contributed by atoms with Gasteiger partial charge in [-0.25, -0.2) is 13.2 Å². The smallest absolute Gasteiger partial charge is 0.263 e. The van der Waals surface area contributed by atoms with Gasteiger partial charge in [0.05, 0.1) is 19.2 Å². The van der Waals surface area contributed by atoms with Gasteiger partial charge in [-0.15, -0.1) is 0 Å². The SMILES string of the molecule is COc1c(F)cc(C(F)F)cc1-c1noc(CN)n1. The van der Waals surface area contributed by atoms with E-state index >= 15 is 0 Å². The Kier molecular flexibility index (Phi) is 3.70. The van der Waals surface area contributed by atoms with Crippen molar-refractivity contribution in [1.82, 2.24) is 10.1 Å². The molecule has 2 aromatic rings. The molecule has 2 N–H and O–H groups in total. The number of benzene rings is 1. The number of hydrogen-bond donors (Lipinski definition) is 1. The van der Waals surface area contributed by atoms with Crippen LogP contribution in [0.3, 0.4) is 0 Å². The molecule has 0 atom stereocenters. The van der Waals surface area contributed by atoms with E-state index in [1.807, 2.05) is 0 Å². The van der Waals surface area contributed by atoms with Gasteiger partial charge in [0.2, 0.25) is 11.7 Å². The second-order valence-electron chi connectivity index (χ2n) is 3.60. The molecule has 2 rings (SSSR count). The Hall–Kier alpha value is -2.09. The lowest BCUT2D eigenvalue weighted by atomic mass is 10.1. The van der Waals surface area contributed by atoms with Crippen molar-refractivity contribution in [3.05, 3.63) is 29.4 Å². The Morgan fingerprint density at radius 1 is 1.42 bits per heavy atom. The molecule has 102 valence electrons. The molecule has 0 unspecified atom stereocenters. The van der Waals surface area contributed by atoms with Crippen molar-refractivity contribution < 1.29 is 22.4 Å². The van der Waals surface area contributed by atoms with Crippen molar-refractivity contribution in [2.45, 2.75) is 13.0 Å². The van der Waals surface area contributed by atoms with Crippen molar-refractivity contribution in [2.75, 3.05) is 7.11 Å². The number of hydrogen-bond acceptors (Lipinski definition) is 5. The highest BCUT2D eigenvalue weighted by atomic mass is 19.3. The van der Waals surface area contributed by atoms with Crippen LogP contribution in [0.1, 0.15) is 17.9 Å². The average Bonchev–Trinajstić information content (AvgIpc) is 2.86. The summed E-state index contributed by atoms with van der Waals surface area (Å²) in [6.07, 6.45) is -2.82. The van der Waals surface area contributed by atoms with Crippen molar-refractivity contribution in [1.29, 1.82) is 0 Å². The normalized spacial score (nSPS) is 11.1. The van der Waals surface area contributed by atoms with Crippen molar-refractivity contribution in [3.8, 4) is 17.1 Å². The first-order valence-electron chi connectivity index (χ1n) is 5.25. The van der Waals surface area contributed by atoms with Gasteiger partial charge in [-0.05, 0) is 12.1 Å². The number of halogens is 3. The molecule has 0 bridgehead atoms. The lowest BCUT2D eigenvalue weighted by molar-refractivity contribution is 0.151. The first-order valence-corrected chi connectivity index (χ1v) is 5.25. The molecule has 0 fully saturated rings. The Morgan fingerprint density at radius 3 is 2.68 bits per heavy atom. The van der Waals surface area contributed by atoms with E-state index in [1.54, 1.807) is 0 Å². The molecule has 0 saturated heterocycles. The first-order chi connectivity index (χ1) is 9.06. The molecule has 1 heterocycles. The summed E-state index contributed by atoms with van der Waals surface area (Å²) in [6.45, 7) is -0.00760. The van der Waals surface area contributed by atoms with Crippen LogP contribution >= 0.6 is 0 Å². The molecule has 19 heavy (non-hydrogen) atoms. The van der Waals surface area contributed by atoms with Gasteiger partial charge in [-0.3, -0.25) is 0 Å². The van der Waals surface area contributed by atoms with E-state index in [4.69, 9.17) is 15.0 Å². The van der Waals surface area contributed by atoms with Gasteiger partial charge in [0.1, 0.15) is 0 Å². The van der Waals surface area contributed by atoms with Gasteiger partial charge in [0.15, 0.2) is 11.6 Å². The number of aromatic nitrogens is 2. The van der Waals surface area contributed by atoms with Crippen LogP contribution in [0.5, 0.6) is 5.75 Å². The van der Waals surface area contributed by atoms with Gasteiger partial charge >= 0.3 is 0 Å². The van der Waals surface area contributed by atoms with Crippen LogP contribution in [-0.4, -0.2) is 17.3 Å². The van der Waals surface area contributed by atoms with Crippen LogP contribution in [0.25, 0.3) is 11.4 Å². The van der Waals surface area contributed by atoms with Gasteiger partial charge in [0, 0.05) is 5.56 Å². The molecule has 0 spiro atoms. The van der Waals surface area contributed by atoms with E-state index in [0.717, 1.165) is 6.07 Å². The second-order valence-corrected chi connectivity index (χ2v) is 3.60. The van der Waals surface area contributed by atoms with E-state index in [1.165, 1.54) is 7.11 Å². The van der Waals surface area contributed by atoms with Crippen LogP contribution in [0, 0.1) is 5.82 Å². The minimum atomic E-state index is -2.82. The summed E-state index contributed by atoms with van der Waals surface area (Å²) >= 11 is 0. The summed E-state index contributed by atoms with van der Waals surface area (Å²) in [5.41, 5.74) is 4.79. The minimum absolute atomic E-state index is 0.00760. The van der Waals surface area contributed by atoms with E-state index in [2.05, 4.69) is 10.1 Å². The van der Waals surface area contributed by atoms with E-state index in [9.17, 15) is 13.2 Å². The summed E-state index contributed by atoms with van der Waals surface area (Å²) in [5.74, 6) is -1.10. The van der Waals surface area contributed by atoms with E-state index in [-0.39, 0.29) is 29.6 Å². The monoisotopic (exact) mass is 273 g/mol. The molecule has 0 aliphatic rings. The molecule has 1 aromatic heterocycles. The molecule has 0 amide bonds. The first kappa shape index (κ1) is 13.3. The van der Waals surface area contributed by atoms with E-state index in [0.29, 0.717) is 6.07 Å². The van der Waals surface area contributed by atoms with Crippen LogP contribution in [0.4, 0.5) is 13.2 Å². The predicted molar refractivity (Wildman–Crippen MR) is 59.1 cm³/mol. The van der Waals surface area contributed by atoms with Gasteiger partial charge in [-0.1, -0.05) is 5.16 Å². The fourth-order valence-electron chi connectivity index (χ4n) is 1.56. The molecular weight excluding hydrogens is 263 g/mol. The molecule has 0 saturated carbocycles. The number of rotatable bonds is 4. The summed E-state index contributed by atoms with van der Waals surface area (Å²) < 4.78 is 48.6. The van der Waals surface area contributed by atoms with Crippen LogP contribution in [-0.2, 0) is 6.54 Å². The van der Waals surface area contributed by atoms with Gasteiger partial charge in [-0.2, -0.15) is 4.98 Å². The topological polar surface area (TPSA) is 74.2 Å². The highest BCUT2D eigenvalue weighted by Gasteiger charge is 2.20. The average molecular weight is 273 g/mol. The maximum atomic E-state index is 13.7. The van der Waals surface area contributed by atoms with Crippen LogP contribution in [0.2, 0.25) is 0 Å². The maximum absolute atomic E-state index is 13.7. The third-order valence-electron chi connectivity index (χ3n) is 2.41. The Labute approximate surface area is 106 Å². The maximum Gasteiger partial charge on any atom is 0.263 e. The number of methoxy groups -OCH3 is 1. The second kappa shape index (κ2) is 5.27.